The Morgan fingerprint density at radius 3 is 2.55 bits per heavy atom. The van der Waals surface area contributed by atoms with Gasteiger partial charge in [0.1, 0.15) is 0 Å². The molecule has 3 atom stereocenters. The second-order valence-corrected chi connectivity index (χ2v) is 8.43. The first-order valence-corrected chi connectivity index (χ1v) is 9.52. The first kappa shape index (κ1) is 17.3. The van der Waals surface area contributed by atoms with Gasteiger partial charge in [-0.1, -0.05) is 19.1 Å². The van der Waals surface area contributed by atoms with Crippen molar-refractivity contribution in [1.82, 2.24) is 4.72 Å². The molecule has 0 radical (unpaired) electrons. The minimum Gasteiger partial charge on any atom is -0.324 e. The topological polar surface area (TPSA) is 89.3 Å². The van der Waals surface area contributed by atoms with Crippen molar-refractivity contribution in [1.29, 1.82) is 0 Å². The molecule has 3 N–H and O–H groups in total. The van der Waals surface area contributed by atoms with E-state index in [9.17, 15) is 12.6 Å². The van der Waals surface area contributed by atoms with Crippen molar-refractivity contribution >= 4 is 20.8 Å². The molecule has 1 aromatic carbocycles. The molecule has 0 aromatic heterocycles. The van der Waals surface area contributed by atoms with Crippen LogP contribution < -0.4 is 10.5 Å². The second-order valence-electron chi connectivity index (χ2n) is 4.86. The van der Waals surface area contributed by atoms with Crippen LogP contribution in [-0.4, -0.2) is 30.7 Å². The van der Waals surface area contributed by atoms with Crippen LogP contribution >= 0.6 is 0 Å². The minimum atomic E-state index is -3.54. The summed E-state index contributed by atoms with van der Waals surface area (Å²) >= 11 is 0. The normalized spacial score (nSPS) is 16.6. The van der Waals surface area contributed by atoms with E-state index in [1.165, 1.54) is 6.07 Å². The average molecular weight is 318 g/mol. The van der Waals surface area contributed by atoms with Gasteiger partial charge in [0.15, 0.2) is 0 Å². The van der Waals surface area contributed by atoms with Crippen LogP contribution in [-0.2, 0) is 20.8 Å². The van der Waals surface area contributed by atoms with Crippen LogP contribution in [0.4, 0.5) is 0 Å². The van der Waals surface area contributed by atoms with E-state index in [-0.39, 0.29) is 22.7 Å². The van der Waals surface area contributed by atoms with E-state index in [1.807, 2.05) is 6.92 Å². The monoisotopic (exact) mass is 318 g/mol. The summed E-state index contributed by atoms with van der Waals surface area (Å²) in [6, 6.07) is 6.38. The molecule has 0 aliphatic heterocycles. The molecule has 1 aromatic rings. The summed E-state index contributed by atoms with van der Waals surface area (Å²) in [6.07, 6.45) is 2.15. The SMILES string of the molecule is CC(N)c1cccc(S(=O)(=O)NCCC(C)S(C)=O)c1. The zero-order valence-corrected chi connectivity index (χ0v) is 13.6. The van der Waals surface area contributed by atoms with Gasteiger partial charge in [0.05, 0.1) is 4.90 Å². The van der Waals surface area contributed by atoms with E-state index >= 15 is 0 Å². The lowest BCUT2D eigenvalue weighted by molar-refractivity contribution is 0.577. The molecule has 0 heterocycles. The van der Waals surface area contributed by atoms with Crippen LogP contribution in [0.3, 0.4) is 0 Å². The third-order valence-electron chi connectivity index (χ3n) is 3.10. The molecule has 0 saturated heterocycles. The largest absolute Gasteiger partial charge is 0.324 e. The van der Waals surface area contributed by atoms with Crippen LogP contribution in [0.25, 0.3) is 0 Å². The maximum atomic E-state index is 12.1. The predicted octanol–water partition coefficient (Wildman–Crippen LogP) is 1.14. The molecule has 0 aliphatic carbocycles. The fourth-order valence-electron chi connectivity index (χ4n) is 1.61. The smallest absolute Gasteiger partial charge is 0.240 e. The number of nitrogens with two attached hydrogens (primary N) is 1. The van der Waals surface area contributed by atoms with Crippen LogP contribution in [0.15, 0.2) is 29.2 Å². The van der Waals surface area contributed by atoms with Gasteiger partial charge < -0.3 is 5.73 Å². The molecule has 3 unspecified atom stereocenters. The van der Waals surface area contributed by atoms with Crippen LogP contribution in [0.2, 0.25) is 0 Å². The number of hydrogen-bond donors (Lipinski definition) is 2. The highest BCUT2D eigenvalue weighted by atomic mass is 32.2. The Balaban J connectivity index is 2.74. The first-order valence-electron chi connectivity index (χ1n) is 6.41. The maximum absolute atomic E-state index is 12.1. The highest BCUT2D eigenvalue weighted by Gasteiger charge is 2.15. The van der Waals surface area contributed by atoms with Crippen molar-refractivity contribution < 1.29 is 12.6 Å². The Kier molecular flexibility index (Phi) is 6.32. The molecular weight excluding hydrogens is 296 g/mol. The fourth-order valence-corrected chi connectivity index (χ4v) is 3.16. The Labute approximate surface area is 123 Å². The van der Waals surface area contributed by atoms with Gasteiger partial charge in [-0.2, -0.15) is 0 Å². The minimum absolute atomic E-state index is 0.0342. The highest BCUT2D eigenvalue weighted by Crippen LogP contribution is 2.15. The van der Waals surface area contributed by atoms with Crippen molar-refractivity contribution in [2.45, 2.75) is 36.5 Å². The van der Waals surface area contributed by atoms with Gasteiger partial charge in [0, 0.05) is 34.9 Å². The molecule has 0 aliphatic rings. The molecule has 0 amide bonds. The zero-order chi connectivity index (χ0) is 15.3. The van der Waals surface area contributed by atoms with Crippen molar-refractivity contribution in [3.05, 3.63) is 29.8 Å². The van der Waals surface area contributed by atoms with E-state index in [4.69, 9.17) is 5.73 Å². The molecule has 0 bridgehead atoms. The van der Waals surface area contributed by atoms with Crippen molar-refractivity contribution in [3.63, 3.8) is 0 Å². The highest BCUT2D eigenvalue weighted by molar-refractivity contribution is 7.89. The van der Waals surface area contributed by atoms with E-state index in [0.717, 1.165) is 5.56 Å². The molecule has 0 fully saturated rings. The number of benzene rings is 1. The Bertz CT molecular complexity index is 571. The average Bonchev–Trinajstić information content (AvgIpc) is 2.38. The third kappa shape index (κ3) is 4.97. The zero-order valence-electron chi connectivity index (χ0n) is 12.0. The summed E-state index contributed by atoms with van der Waals surface area (Å²) in [4.78, 5) is 0.206. The van der Waals surface area contributed by atoms with Gasteiger partial charge in [-0.3, -0.25) is 4.21 Å². The maximum Gasteiger partial charge on any atom is 0.240 e. The number of hydrogen-bond acceptors (Lipinski definition) is 4. The lowest BCUT2D eigenvalue weighted by Gasteiger charge is -2.11. The summed E-state index contributed by atoms with van der Waals surface area (Å²) in [5, 5.41) is -0.0342. The van der Waals surface area contributed by atoms with Crippen molar-refractivity contribution in [2.75, 3.05) is 12.8 Å². The standard InChI is InChI=1S/C13H22N2O3S2/c1-10(19(3)16)7-8-15-20(17,18)13-6-4-5-12(9-13)11(2)14/h4-6,9-11,15H,7-8,14H2,1-3H3. The van der Waals surface area contributed by atoms with Gasteiger partial charge in [-0.25, -0.2) is 13.1 Å². The fraction of sp³-hybridized carbons (Fsp3) is 0.538. The van der Waals surface area contributed by atoms with E-state index in [1.54, 1.807) is 31.4 Å². The molecule has 20 heavy (non-hydrogen) atoms. The third-order valence-corrected chi connectivity index (χ3v) is 5.93. The van der Waals surface area contributed by atoms with E-state index in [2.05, 4.69) is 4.72 Å². The quantitative estimate of drug-likeness (QED) is 0.789. The lowest BCUT2D eigenvalue weighted by atomic mass is 10.1. The van der Waals surface area contributed by atoms with Gasteiger partial charge >= 0.3 is 0 Å². The van der Waals surface area contributed by atoms with Gasteiger partial charge in [0.2, 0.25) is 10.0 Å². The molecule has 5 nitrogen and oxygen atoms in total. The summed E-state index contributed by atoms with van der Waals surface area (Å²) in [5.74, 6) is 0. The summed E-state index contributed by atoms with van der Waals surface area (Å²) in [7, 11) is -4.49. The van der Waals surface area contributed by atoms with Gasteiger partial charge in [0.25, 0.3) is 0 Å². The number of rotatable bonds is 7. The molecule has 114 valence electrons. The lowest BCUT2D eigenvalue weighted by Crippen LogP contribution is -2.27. The Morgan fingerprint density at radius 2 is 2.00 bits per heavy atom. The Hall–Kier alpha value is -0.760. The molecular formula is C13H22N2O3S2. The van der Waals surface area contributed by atoms with Crippen molar-refractivity contribution in [3.8, 4) is 0 Å². The number of nitrogens with one attached hydrogen (secondary N) is 1. The predicted molar refractivity (Wildman–Crippen MR) is 82.4 cm³/mol. The number of sulfonamides is 1. The molecule has 7 heteroatoms. The molecule has 0 saturated carbocycles. The van der Waals surface area contributed by atoms with Crippen LogP contribution in [0.1, 0.15) is 31.9 Å². The van der Waals surface area contributed by atoms with Crippen LogP contribution in [0.5, 0.6) is 0 Å². The first-order chi connectivity index (χ1) is 9.24. The van der Waals surface area contributed by atoms with E-state index in [0.29, 0.717) is 6.42 Å². The summed E-state index contributed by atoms with van der Waals surface area (Å²) in [6.45, 7) is 3.91. The molecule has 0 spiro atoms. The van der Waals surface area contributed by atoms with Crippen molar-refractivity contribution in [2.24, 2.45) is 5.73 Å². The summed E-state index contributed by atoms with van der Waals surface area (Å²) < 4.78 is 38.0. The Morgan fingerprint density at radius 1 is 1.35 bits per heavy atom. The summed E-state index contributed by atoms with van der Waals surface area (Å²) in [5.41, 5.74) is 6.52. The van der Waals surface area contributed by atoms with Crippen LogP contribution in [0, 0.1) is 0 Å². The molecule has 1 rings (SSSR count). The van der Waals surface area contributed by atoms with E-state index < -0.39 is 20.8 Å². The second kappa shape index (κ2) is 7.31. The van der Waals surface area contributed by atoms with Gasteiger partial charge in [-0.15, -0.1) is 0 Å². The van der Waals surface area contributed by atoms with Gasteiger partial charge in [-0.05, 0) is 31.0 Å².